The van der Waals surface area contributed by atoms with Gasteiger partial charge in [0.1, 0.15) is 5.39 Å². The Morgan fingerprint density at radius 3 is 2.39 bits per heavy atom. The summed E-state index contributed by atoms with van der Waals surface area (Å²) in [6.07, 6.45) is 2.31. The number of aromatic nitrogens is 3. The molecule has 0 spiro atoms. The molecule has 0 atom stereocenters. The van der Waals surface area contributed by atoms with Gasteiger partial charge in [0.05, 0.1) is 17.9 Å². The molecule has 0 radical (unpaired) electrons. The number of aryl methyl sites for hydroxylation is 2. The Balaban J connectivity index is 2.13. The summed E-state index contributed by atoms with van der Waals surface area (Å²) in [6.45, 7) is 4.02. The Labute approximate surface area is 161 Å². The molecule has 0 saturated carbocycles. The Bertz CT molecular complexity index is 1160. The van der Waals surface area contributed by atoms with E-state index in [2.05, 4.69) is 10.3 Å². The predicted molar refractivity (Wildman–Crippen MR) is 107 cm³/mol. The SMILES string of the molecule is CCOC(=O)c1ccc(Nc2c(CC)cnc3c2c(=O)n(C)c(=O)n3C)cc1. The third kappa shape index (κ3) is 3.28. The third-order valence-electron chi connectivity index (χ3n) is 4.59. The number of ether oxygens (including phenoxy) is 1. The van der Waals surface area contributed by atoms with Gasteiger partial charge in [0.2, 0.25) is 0 Å². The maximum absolute atomic E-state index is 12.8. The summed E-state index contributed by atoms with van der Waals surface area (Å²) in [5.74, 6) is -0.387. The lowest BCUT2D eigenvalue weighted by molar-refractivity contribution is 0.0526. The molecule has 1 aromatic carbocycles. The highest BCUT2D eigenvalue weighted by molar-refractivity contribution is 5.93. The molecule has 0 fully saturated rings. The van der Waals surface area contributed by atoms with Crippen molar-refractivity contribution in [1.82, 2.24) is 14.1 Å². The van der Waals surface area contributed by atoms with Crippen molar-refractivity contribution in [3.63, 3.8) is 0 Å². The van der Waals surface area contributed by atoms with Crippen molar-refractivity contribution >= 4 is 28.4 Å². The van der Waals surface area contributed by atoms with Crippen LogP contribution in [0.15, 0.2) is 40.1 Å². The van der Waals surface area contributed by atoms with Crippen LogP contribution in [0.1, 0.15) is 29.8 Å². The number of hydrogen-bond acceptors (Lipinski definition) is 6. The topological polar surface area (TPSA) is 95.2 Å². The quantitative estimate of drug-likeness (QED) is 0.679. The van der Waals surface area contributed by atoms with Gasteiger partial charge in [-0.2, -0.15) is 0 Å². The van der Waals surface area contributed by atoms with E-state index in [0.29, 0.717) is 41.0 Å². The molecule has 146 valence electrons. The van der Waals surface area contributed by atoms with Crippen LogP contribution < -0.4 is 16.6 Å². The Hall–Kier alpha value is -3.42. The number of hydrogen-bond donors (Lipinski definition) is 1. The first-order chi connectivity index (χ1) is 13.4. The van der Waals surface area contributed by atoms with Crippen LogP contribution in [0.5, 0.6) is 0 Å². The summed E-state index contributed by atoms with van der Waals surface area (Å²) in [5, 5.41) is 3.60. The van der Waals surface area contributed by atoms with E-state index >= 15 is 0 Å². The lowest BCUT2D eigenvalue weighted by atomic mass is 10.1. The number of anilines is 2. The van der Waals surface area contributed by atoms with E-state index in [-0.39, 0.29) is 5.97 Å². The molecule has 3 aromatic rings. The number of pyridine rings is 1. The first kappa shape index (κ1) is 19.3. The lowest BCUT2D eigenvalue weighted by Crippen LogP contribution is -2.37. The van der Waals surface area contributed by atoms with Crippen molar-refractivity contribution in [3.05, 3.63) is 62.4 Å². The summed E-state index contributed by atoms with van der Waals surface area (Å²) < 4.78 is 7.41. The fourth-order valence-corrected chi connectivity index (χ4v) is 3.03. The molecule has 8 heteroatoms. The van der Waals surface area contributed by atoms with Gasteiger partial charge >= 0.3 is 11.7 Å². The number of esters is 1. The minimum absolute atomic E-state index is 0.309. The van der Waals surface area contributed by atoms with Crippen molar-refractivity contribution in [1.29, 1.82) is 0 Å². The molecule has 0 unspecified atom stereocenters. The second-order valence-electron chi connectivity index (χ2n) is 6.34. The molecule has 28 heavy (non-hydrogen) atoms. The van der Waals surface area contributed by atoms with Crippen LogP contribution in [0.2, 0.25) is 0 Å². The van der Waals surface area contributed by atoms with Crippen LogP contribution in [0.25, 0.3) is 11.0 Å². The monoisotopic (exact) mass is 382 g/mol. The Kier molecular flexibility index (Phi) is 5.30. The van der Waals surface area contributed by atoms with Gasteiger partial charge < -0.3 is 10.1 Å². The first-order valence-electron chi connectivity index (χ1n) is 9.00. The van der Waals surface area contributed by atoms with E-state index in [4.69, 9.17) is 4.74 Å². The van der Waals surface area contributed by atoms with Crippen molar-refractivity contribution in [3.8, 4) is 0 Å². The summed E-state index contributed by atoms with van der Waals surface area (Å²) in [7, 11) is 3.03. The number of fused-ring (bicyclic) bond motifs is 1. The van der Waals surface area contributed by atoms with Gasteiger partial charge in [-0.25, -0.2) is 14.6 Å². The number of carbonyl (C=O) groups is 1. The number of benzene rings is 1. The van der Waals surface area contributed by atoms with E-state index in [1.54, 1.807) is 44.4 Å². The molecular formula is C20H22N4O4. The molecule has 3 rings (SSSR count). The standard InChI is InChI=1S/C20H22N4O4/c1-5-12-11-21-17-15(18(25)24(4)20(27)23(17)3)16(12)22-14-9-7-13(8-10-14)19(26)28-6-2/h7-11H,5-6H2,1-4H3,(H,21,22). The summed E-state index contributed by atoms with van der Waals surface area (Å²) >= 11 is 0. The Morgan fingerprint density at radius 2 is 1.79 bits per heavy atom. The number of nitrogens with zero attached hydrogens (tertiary/aromatic N) is 3. The zero-order valence-electron chi connectivity index (χ0n) is 16.3. The third-order valence-corrected chi connectivity index (χ3v) is 4.59. The zero-order valence-corrected chi connectivity index (χ0v) is 16.3. The molecule has 0 aliphatic heterocycles. The molecule has 8 nitrogen and oxygen atoms in total. The van der Waals surface area contributed by atoms with Crippen LogP contribution in [-0.4, -0.2) is 26.7 Å². The zero-order chi connectivity index (χ0) is 20.4. The maximum Gasteiger partial charge on any atom is 0.338 e. The van der Waals surface area contributed by atoms with Gasteiger partial charge in [0, 0.05) is 26.0 Å². The second kappa shape index (κ2) is 7.67. The smallest absolute Gasteiger partial charge is 0.338 e. The summed E-state index contributed by atoms with van der Waals surface area (Å²) in [5.41, 5.74) is 2.07. The fourth-order valence-electron chi connectivity index (χ4n) is 3.03. The van der Waals surface area contributed by atoms with Gasteiger partial charge in [0.25, 0.3) is 5.56 Å². The summed E-state index contributed by atoms with van der Waals surface area (Å²) in [4.78, 5) is 41.1. The van der Waals surface area contributed by atoms with Crippen LogP contribution in [0, 0.1) is 0 Å². The summed E-state index contributed by atoms with van der Waals surface area (Å²) in [6, 6.07) is 6.79. The minimum atomic E-state index is -0.431. The highest BCUT2D eigenvalue weighted by Gasteiger charge is 2.17. The molecule has 0 amide bonds. The minimum Gasteiger partial charge on any atom is -0.462 e. The fraction of sp³-hybridized carbons (Fsp3) is 0.300. The van der Waals surface area contributed by atoms with Crippen molar-refractivity contribution in [2.24, 2.45) is 14.1 Å². The van der Waals surface area contributed by atoms with E-state index in [1.165, 1.54) is 11.6 Å². The lowest BCUT2D eigenvalue weighted by Gasteiger charge is -2.16. The number of carbonyl (C=O) groups excluding carboxylic acids is 1. The normalized spacial score (nSPS) is 10.9. The molecule has 2 aromatic heterocycles. The molecule has 0 saturated heterocycles. The molecule has 0 aliphatic rings. The van der Waals surface area contributed by atoms with E-state index < -0.39 is 11.2 Å². The van der Waals surface area contributed by atoms with Crippen LogP contribution in [-0.2, 0) is 25.3 Å². The van der Waals surface area contributed by atoms with Crippen LogP contribution >= 0.6 is 0 Å². The van der Waals surface area contributed by atoms with Gasteiger partial charge in [0.15, 0.2) is 5.65 Å². The van der Waals surface area contributed by atoms with Gasteiger partial charge in [-0.05, 0) is 43.2 Å². The Morgan fingerprint density at radius 1 is 1.11 bits per heavy atom. The molecule has 0 bridgehead atoms. The first-order valence-corrected chi connectivity index (χ1v) is 9.00. The predicted octanol–water partition coefficient (Wildman–Crippen LogP) is 2.11. The van der Waals surface area contributed by atoms with Gasteiger partial charge in [-0.15, -0.1) is 0 Å². The highest BCUT2D eigenvalue weighted by atomic mass is 16.5. The average Bonchev–Trinajstić information content (AvgIpc) is 2.71. The number of rotatable bonds is 5. The second-order valence-corrected chi connectivity index (χ2v) is 6.34. The largest absolute Gasteiger partial charge is 0.462 e. The average molecular weight is 382 g/mol. The van der Waals surface area contributed by atoms with Crippen molar-refractivity contribution in [2.75, 3.05) is 11.9 Å². The van der Waals surface area contributed by atoms with Crippen LogP contribution in [0.3, 0.4) is 0 Å². The highest BCUT2D eigenvalue weighted by Crippen LogP contribution is 2.27. The van der Waals surface area contributed by atoms with Gasteiger partial charge in [-0.3, -0.25) is 13.9 Å². The maximum atomic E-state index is 12.8. The molecule has 2 heterocycles. The van der Waals surface area contributed by atoms with Gasteiger partial charge in [-0.1, -0.05) is 6.92 Å². The molecule has 0 aliphatic carbocycles. The van der Waals surface area contributed by atoms with Crippen LogP contribution in [0.4, 0.5) is 11.4 Å². The molecule has 1 N–H and O–H groups in total. The van der Waals surface area contributed by atoms with Crippen molar-refractivity contribution in [2.45, 2.75) is 20.3 Å². The molecular weight excluding hydrogens is 360 g/mol. The van der Waals surface area contributed by atoms with E-state index in [0.717, 1.165) is 10.1 Å². The van der Waals surface area contributed by atoms with E-state index in [1.807, 2.05) is 6.92 Å². The van der Waals surface area contributed by atoms with E-state index in [9.17, 15) is 14.4 Å². The van der Waals surface area contributed by atoms with Crippen molar-refractivity contribution < 1.29 is 9.53 Å². The number of nitrogens with one attached hydrogen (secondary N) is 1.